The molecule has 6 heteroatoms. The number of aliphatic hydroxyl groups excluding tert-OH is 1. The summed E-state index contributed by atoms with van der Waals surface area (Å²) in [6.45, 7) is 7.11. The van der Waals surface area contributed by atoms with Gasteiger partial charge in [0.05, 0.1) is 12.6 Å². The molecule has 0 radical (unpaired) electrons. The van der Waals surface area contributed by atoms with Gasteiger partial charge in [0.2, 0.25) is 5.91 Å². The van der Waals surface area contributed by atoms with Crippen LogP contribution in [0.2, 0.25) is 0 Å². The summed E-state index contributed by atoms with van der Waals surface area (Å²) in [7, 11) is 0. The molecule has 28 heavy (non-hydrogen) atoms. The van der Waals surface area contributed by atoms with Crippen LogP contribution in [0.25, 0.3) is 0 Å². The zero-order chi connectivity index (χ0) is 20.6. The minimum Gasteiger partial charge on any atom is -0.387 e. The average molecular weight is 383 g/mol. The van der Waals surface area contributed by atoms with E-state index in [1.54, 1.807) is 24.3 Å². The lowest BCUT2D eigenvalue weighted by Gasteiger charge is -2.31. The SMILES string of the molecule is CC(C)(C)CN(CC(=O)NC(=O)Nc1ccccc1)CC(O)c1ccccc1. The van der Waals surface area contributed by atoms with E-state index in [0.29, 0.717) is 18.8 Å². The van der Waals surface area contributed by atoms with E-state index in [1.807, 2.05) is 41.3 Å². The van der Waals surface area contributed by atoms with Crippen LogP contribution in [0.3, 0.4) is 0 Å². The fraction of sp³-hybridized carbons (Fsp3) is 0.364. The highest BCUT2D eigenvalue weighted by Gasteiger charge is 2.22. The van der Waals surface area contributed by atoms with Crippen LogP contribution in [0.4, 0.5) is 10.5 Å². The number of benzene rings is 2. The lowest BCUT2D eigenvalue weighted by Crippen LogP contribution is -2.45. The van der Waals surface area contributed by atoms with Gasteiger partial charge in [-0.2, -0.15) is 0 Å². The molecule has 1 unspecified atom stereocenters. The van der Waals surface area contributed by atoms with Gasteiger partial charge in [-0.15, -0.1) is 0 Å². The molecule has 2 aromatic rings. The van der Waals surface area contributed by atoms with Crippen molar-refractivity contribution in [2.45, 2.75) is 26.9 Å². The summed E-state index contributed by atoms with van der Waals surface area (Å²) in [5.74, 6) is -0.419. The maximum absolute atomic E-state index is 12.4. The van der Waals surface area contributed by atoms with Crippen molar-refractivity contribution in [3.8, 4) is 0 Å². The summed E-state index contributed by atoms with van der Waals surface area (Å²) in [4.78, 5) is 26.2. The molecular weight excluding hydrogens is 354 g/mol. The second kappa shape index (κ2) is 10.0. The minimum atomic E-state index is -0.713. The molecule has 3 amide bonds. The van der Waals surface area contributed by atoms with Gasteiger partial charge in [-0.05, 0) is 23.1 Å². The van der Waals surface area contributed by atoms with Crippen LogP contribution < -0.4 is 10.6 Å². The van der Waals surface area contributed by atoms with E-state index in [2.05, 4.69) is 31.4 Å². The zero-order valence-electron chi connectivity index (χ0n) is 16.7. The molecular formula is C22H29N3O3. The second-order valence-electron chi connectivity index (χ2n) is 8.03. The van der Waals surface area contributed by atoms with Gasteiger partial charge in [-0.1, -0.05) is 69.3 Å². The molecule has 2 aromatic carbocycles. The summed E-state index contributed by atoms with van der Waals surface area (Å²) < 4.78 is 0. The maximum Gasteiger partial charge on any atom is 0.325 e. The zero-order valence-corrected chi connectivity index (χ0v) is 16.7. The summed E-state index contributed by atoms with van der Waals surface area (Å²) in [6.07, 6.45) is -0.713. The number of imide groups is 1. The van der Waals surface area contributed by atoms with Crippen LogP contribution in [0.15, 0.2) is 60.7 Å². The van der Waals surface area contributed by atoms with E-state index < -0.39 is 18.0 Å². The van der Waals surface area contributed by atoms with Crippen LogP contribution in [0.5, 0.6) is 0 Å². The van der Waals surface area contributed by atoms with Crippen molar-refractivity contribution in [1.82, 2.24) is 10.2 Å². The lowest BCUT2D eigenvalue weighted by molar-refractivity contribution is -0.121. The van der Waals surface area contributed by atoms with Crippen molar-refractivity contribution >= 4 is 17.6 Å². The Morgan fingerprint density at radius 3 is 2.14 bits per heavy atom. The Kier molecular flexibility index (Phi) is 7.72. The van der Waals surface area contributed by atoms with Gasteiger partial charge in [0.15, 0.2) is 0 Å². The summed E-state index contributed by atoms with van der Waals surface area (Å²) in [6, 6.07) is 17.7. The van der Waals surface area contributed by atoms with E-state index >= 15 is 0 Å². The first kappa shape index (κ1) is 21.6. The van der Waals surface area contributed by atoms with Crippen molar-refractivity contribution in [3.05, 3.63) is 66.2 Å². The Labute approximate surface area is 166 Å². The third-order valence-electron chi connectivity index (χ3n) is 3.97. The van der Waals surface area contributed by atoms with Gasteiger partial charge in [-0.25, -0.2) is 4.79 Å². The van der Waals surface area contributed by atoms with E-state index in [9.17, 15) is 14.7 Å². The fourth-order valence-electron chi connectivity index (χ4n) is 2.93. The molecule has 0 saturated heterocycles. The topological polar surface area (TPSA) is 81.7 Å². The molecule has 2 rings (SSSR count). The first-order valence-corrected chi connectivity index (χ1v) is 9.34. The Hall–Kier alpha value is -2.70. The lowest BCUT2D eigenvalue weighted by atomic mass is 9.95. The normalized spacial score (nSPS) is 12.5. The molecule has 0 aliphatic heterocycles. The van der Waals surface area contributed by atoms with Gasteiger partial charge in [0, 0.05) is 18.8 Å². The summed E-state index contributed by atoms with van der Waals surface area (Å²) >= 11 is 0. The summed E-state index contributed by atoms with van der Waals surface area (Å²) in [5, 5.41) is 15.5. The van der Waals surface area contributed by atoms with Crippen molar-refractivity contribution in [2.24, 2.45) is 5.41 Å². The van der Waals surface area contributed by atoms with Crippen LogP contribution in [0.1, 0.15) is 32.4 Å². The third kappa shape index (κ3) is 7.90. The van der Waals surface area contributed by atoms with Gasteiger partial charge in [0.1, 0.15) is 0 Å². The number of para-hydroxylation sites is 1. The van der Waals surface area contributed by atoms with Gasteiger partial charge in [0.25, 0.3) is 0 Å². The quantitative estimate of drug-likeness (QED) is 0.684. The average Bonchev–Trinajstić information content (AvgIpc) is 2.61. The molecule has 0 aliphatic rings. The van der Waals surface area contributed by atoms with E-state index in [-0.39, 0.29) is 12.0 Å². The number of carbonyl (C=O) groups excluding carboxylic acids is 2. The first-order chi connectivity index (χ1) is 13.2. The number of nitrogens with one attached hydrogen (secondary N) is 2. The number of aliphatic hydroxyl groups is 1. The smallest absolute Gasteiger partial charge is 0.325 e. The van der Waals surface area contributed by atoms with Crippen molar-refractivity contribution < 1.29 is 14.7 Å². The highest BCUT2D eigenvalue weighted by molar-refractivity contribution is 6.01. The highest BCUT2D eigenvalue weighted by Crippen LogP contribution is 2.19. The number of nitrogens with zero attached hydrogens (tertiary/aromatic N) is 1. The number of carbonyl (C=O) groups is 2. The van der Waals surface area contributed by atoms with Gasteiger partial charge < -0.3 is 10.4 Å². The Bertz CT molecular complexity index is 758. The molecule has 0 bridgehead atoms. The first-order valence-electron chi connectivity index (χ1n) is 9.34. The molecule has 0 heterocycles. The van der Waals surface area contributed by atoms with E-state index in [1.165, 1.54) is 0 Å². The molecule has 0 aromatic heterocycles. The molecule has 0 saturated carbocycles. The number of hydrogen-bond donors (Lipinski definition) is 3. The van der Waals surface area contributed by atoms with Crippen molar-refractivity contribution in [1.29, 1.82) is 0 Å². The molecule has 0 aliphatic carbocycles. The minimum absolute atomic E-state index is 0.0172. The predicted molar refractivity (Wildman–Crippen MR) is 111 cm³/mol. The van der Waals surface area contributed by atoms with Crippen LogP contribution in [-0.4, -0.2) is 41.6 Å². The maximum atomic E-state index is 12.4. The number of urea groups is 1. The largest absolute Gasteiger partial charge is 0.387 e. The van der Waals surface area contributed by atoms with Crippen LogP contribution in [0, 0.1) is 5.41 Å². The molecule has 0 spiro atoms. The highest BCUT2D eigenvalue weighted by atomic mass is 16.3. The number of rotatable bonds is 7. The Morgan fingerprint density at radius 2 is 1.57 bits per heavy atom. The number of anilines is 1. The molecule has 150 valence electrons. The fourth-order valence-corrected chi connectivity index (χ4v) is 2.93. The molecule has 6 nitrogen and oxygen atoms in total. The second-order valence-corrected chi connectivity index (χ2v) is 8.03. The Morgan fingerprint density at radius 1 is 1.00 bits per heavy atom. The monoisotopic (exact) mass is 383 g/mol. The molecule has 3 N–H and O–H groups in total. The Balaban J connectivity index is 1.95. The van der Waals surface area contributed by atoms with Crippen LogP contribution in [-0.2, 0) is 4.79 Å². The van der Waals surface area contributed by atoms with Gasteiger partial charge >= 0.3 is 6.03 Å². The van der Waals surface area contributed by atoms with Gasteiger partial charge in [-0.3, -0.25) is 15.0 Å². The predicted octanol–water partition coefficient (Wildman–Crippen LogP) is 3.42. The number of hydrogen-bond acceptors (Lipinski definition) is 4. The summed E-state index contributed by atoms with van der Waals surface area (Å²) in [5.41, 5.74) is 1.34. The van der Waals surface area contributed by atoms with Crippen molar-refractivity contribution in [2.75, 3.05) is 25.0 Å². The standard InChI is InChI=1S/C22H29N3O3/c1-22(2,3)16-25(14-19(26)17-10-6-4-7-11-17)15-20(27)24-21(28)23-18-12-8-5-9-13-18/h4-13,19,26H,14-16H2,1-3H3,(H2,23,24,27,28). The number of amides is 3. The van der Waals surface area contributed by atoms with E-state index in [4.69, 9.17) is 0 Å². The molecule has 1 atom stereocenters. The molecule has 0 fully saturated rings. The van der Waals surface area contributed by atoms with Crippen molar-refractivity contribution in [3.63, 3.8) is 0 Å². The van der Waals surface area contributed by atoms with Crippen LogP contribution >= 0.6 is 0 Å². The van der Waals surface area contributed by atoms with E-state index in [0.717, 1.165) is 5.56 Å². The third-order valence-corrected chi connectivity index (χ3v) is 3.97.